The first-order valence-electron chi connectivity index (χ1n) is 14.6. The smallest absolute Gasteiger partial charge is 0.0541 e. The van der Waals surface area contributed by atoms with Crippen molar-refractivity contribution in [1.29, 1.82) is 0 Å². The van der Waals surface area contributed by atoms with E-state index in [1.54, 1.807) is 0 Å². The summed E-state index contributed by atoms with van der Waals surface area (Å²) in [7, 11) is 0. The van der Waals surface area contributed by atoms with Crippen molar-refractivity contribution in [1.82, 2.24) is 4.57 Å². The third-order valence-electron chi connectivity index (χ3n) is 9.00. The van der Waals surface area contributed by atoms with Crippen LogP contribution in [0.3, 0.4) is 0 Å². The number of fused-ring (bicyclic) bond motifs is 6. The van der Waals surface area contributed by atoms with Crippen LogP contribution in [0.1, 0.15) is 29.5 Å². The highest BCUT2D eigenvalue weighted by Gasteiger charge is 2.31. The molecule has 196 valence electrons. The zero-order chi connectivity index (χ0) is 27.3. The zero-order valence-corrected chi connectivity index (χ0v) is 23.2. The van der Waals surface area contributed by atoms with Crippen LogP contribution in [0.15, 0.2) is 146 Å². The molecule has 8 rings (SSSR count). The molecule has 1 aliphatic rings. The van der Waals surface area contributed by atoms with Gasteiger partial charge in [0, 0.05) is 22.4 Å². The Kier molecular flexibility index (Phi) is 5.63. The maximum Gasteiger partial charge on any atom is 0.0541 e. The zero-order valence-electron chi connectivity index (χ0n) is 23.2. The van der Waals surface area contributed by atoms with Crippen molar-refractivity contribution in [3.05, 3.63) is 162 Å². The standard InChI is InChI=1S/C40H31N/c1-27(40-36-14-4-2-10-32(36)33-11-3-5-15-37(33)40)26-28-18-20-29(21-19-28)30-22-24-31(25-23-30)41-38-16-8-6-12-34(38)35-13-7-9-17-39(35)41/h2-25,27,40H,26H2,1H3. The fourth-order valence-electron chi connectivity index (χ4n) is 7.13. The first-order chi connectivity index (χ1) is 20.3. The summed E-state index contributed by atoms with van der Waals surface area (Å²) in [6, 6.07) is 53.5. The monoisotopic (exact) mass is 525 g/mol. The van der Waals surface area contributed by atoms with E-state index in [9.17, 15) is 0 Å². The Bertz CT molecular complexity index is 1930. The van der Waals surface area contributed by atoms with Crippen molar-refractivity contribution >= 4 is 21.8 Å². The summed E-state index contributed by atoms with van der Waals surface area (Å²) in [4.78, 5) is 0. The number of nitrogens with zero attached hydrogens (tertiary/aromatic N) is 1. The minimum absolute atomic E-state index is 0.440. The number of hydrogen-bond donors (Lipinski definition) is 0. The van der Waals surface area contributed by atoms with Gasteiger partial charge in [-0.1, -0.05) is 128 Å². The molecule has 1 nitrogen and oxygen atoms in total. The molecule has 41 heavy (non-hydrogen) atoms. The van der Waals surface area contributed by atoms with Gasteiger partial charge in [0.15, 0.2) is 0 Å². The van der Waals surface area contributed by atoms with Crippen molar-refractivity contribution in [2.24, 2.45) is 5.92 Å². The Morgan fingerprint density at radius 2 is 0.976 bits per heavy atom. The van der Waals surface area contributed by atoms with E-state index in [1.807, 2.05) is 0 Å². The first-order valence-corrected chi connectivity index (χ1v) is 14.6. The molecule has 0 radical (unpaired) electrons. The van der Waals surface area contributed by atoms with E-state index in [0.717, 1.165) is 6.42 Å². The van der Waals surface area contributed by atoms with Crippen LogP contribution >= 0.6 is 0 Å². The molecule has 0 saturated carbocycles. The second kappa shape index (κ2) is 9.64. The quantitative estimate of drug-likeness (QED) is 0.211. The number of hydrogen-bond acceptors (Lipinski definition) is 0. The molecule has 0 spiro atoms. The van der Waals surface area contributed by atoms with Crippen LogP contribution in [0.5, 0.6) is 0 Å². The minimum atomic E-state index is 0.440. The normalized spacial score (nSPS) is 13.4. The maximum absolute atomic E-state index is 2.41. The lowest BCUT2D eigenvalue weighted by atomic mass is 9.81. The molecule has 0 N–H and O–H groups in total. The lowest BCUT2D eigenvalue weighted by molar-refractivity contribution is 0.517. The SMILES string of the molecule is CC(Cc1ccc(-c2ccc(-n3c4ccccc4c4ccccc43)cc2)cc1)C1c2ccccc2-c2ccccc21. The largest absolute Gasteiger partial charge is 0.309 e. The van der Waals surface area contributed by atoms with Crippen molar-refractivity contribution in [2.45, 2.75) is 19.3 Å². The van der Waals surface area contributed by atoms with Crippen LogP contribution in [-0.4, -0.2) is 4.57 Å². The average Bonchev–Trinajstić information content (AvgIpc) is 3.55. The predicted octanol–water partition coefficient (Wildman–Crippen LogP) is 10.4. The fraction of sp³-hybridized carbons (Fsp3) is 0.100. The molecule has 1 aromatic heterocycles. The molecule has 0 aliphatic heterocycles. The van der Waals surface area contributed by atoms with Crippen molar-refractivity contribution in [3.8, 4) is 27.9 Å². The number of aromatic nitrogens is 1. The Morgan fingerprint density at radius 1 is 0.512 bits per heavy atom. The highest BCUT2D eigenvalue weighted by atomic mass is 15.0. The van der Waals surface area contributed by atoms with Crippen molar-refractivity contribution in [3.63, 3.8) is 0 Å². The van der Waals surface area contributed by atoms with Crippen LogP contribution < -0.4 is 0 Å². The van der Waals surface area contributed by atoms with Gasteiger partial charge >= 0.3 is 0 Å². The highest BCUT2D eigenvalue weighted by Crippen LogP contribution is 2.48. The van der Waals surface area contributed by atoms with Crippen LogP contribution in [0.4, 0.5) is 0 Å². The van der Waals surface area contributed by atoms with Gasteiger partial charge in [0.2, 0.25) is 0 Å². The van der Waals surface area contributed by atoms with Gasteiger partial charge in [-0.3, -0.25) is 0 Å². The highest BCUT2D eigenvalue weighted by molar-refractivity contribution is 6.09. The number of rotatable bonds is 5. The summed E-state index contributed by atoms with van der Waals surface area (Å²) in [6.07, 6.45) is 1.06. The second-order valence-electron chi connectivity index (χ2n) is 11.4. The van der Waals surface area contributed by atoms with Crippen LogP contribution in [0.2, 0.25) is 0 Å². The van der Waals surface area contributed by atoms with E-state index in [-0.39, 0.29) is 0 Å². The molecular formula is C40H31N. The molecule has 1 heteroatoms. The van der Waals surface area contributed by atoms with Gasteiger partial charge in [-0.15, -0.1) is 0 Å². The average molecular weight is 526 g/mol. The molecule has 1 atom stereocenters. The lowest BCUT2D eigenvalue weighted by Gasteiger charge is -2.22. The summed E-state index contributed by atoms with van der Waals surface area (Å²) < 4.78 is 2.37. The molecule has 1 unspecified atom stereocenters. The fourth-order valence-corrected chi connectivity index (χ4v) is 7.13. The topological polar surface area (TPSA) is 4.93 Å². The summed E-state index contributed by atoms with van der Waals surface area (Å²) in [5.74, 6) is 0.951. The van der Waals surface area contributed by atoms with Crippen molar-refractivity contribution in [2.75, 3.05) is 0 Å². The third-order valence-corrected chi connectivity index (χ3v) is 9.00. The molecular weight excluding hydrogens is 494 g/mol. The summed E-state index contributed by atoms with van der Waals surface area (Å²) in [5.41, 5.74) is 13.3. The first kappa shape index (κ1) is 24.0. The van der Waals surface area contributed by atoms with Gasteiger partial charge in [-0.25, -0.2) is 0 Å². The Labute approximate surface area is 241 Å². The molecule has 0 bridgehead atoms. The molecule has 0 amide bonds. The Morgan fingerprint density at radius 3 is 1.54 bits per heavy atom. The van der Waals surface area contributed by atoms with E-state index >= 15 is 0 Å². The van der Waals surface area contributed by atoms with E-state index in [1.165, 1.54) is 66.4 Å². The van der Waals surface area contributed by atoms with Crippen molar-refractivity contribution < 1.29 is 0 Å². The van der Waals surface area contributed by atoms with Gasteiger partial charge in [0.1, 0.15) is 0 Å². The maximum atomic E-state index is 2.41. The van der Waals surface area contributed by atoms with E-state index in [2.05, 4.69) is 157 Å². The summed E-state index contributed by atoms with van der Waals surface area (Å²) in [6.45, 7) is 2.41. The molecule has 7 aromatic rings. The van der Waals surface area contributed by atoms with E-state index in [0.29, 0.717) is 11.8 Å². The van der Waals surface area contributed by atoms with Gasteiger partial charge in [-0.05, 0) is 75.5 Å². The van der Waals surface area contributed by atoms with Gasteiger partial charge in [0.25, 0.3) is 0 Å². The van der Waals surface area contributed by atoms with Crippen LogP contribution in [-0.2, 0) is 6.42 Å². The second-order valence-corrected chi connectivity index (χ2v) is 11.4. The van der Waals surface area contributed by atoms with E-state index < -0.39 is 0 Å². The van der Waals surface area contributed by atoms with Crippen LogP contribution in [0, 0.1) is 5.92 Å². The Hall–Kier alpha value is -4.88. The molecule has 1 aliphatic carbocycles. The molecule has 0 fully saturated rings. The van der Waals surface area contributed by atoms with Crippen LogP contribution in [0.25, 0.3) is 49.7 Å². The summed E-state index contributed by atoms with van der Waals surface area (Å²) in [5, 5.41) is 2.59. The van der Waals surface area contributed by atoms with Gasteiger partial charge < -0.3 is 4.57 Å². The third kappa shape index (κ3) is 3.92. The van der Waals surface area contributed by atoms with E-state index in [4.69, 9.17) is 0 Å². The lowest BCUT2D eigenvalue weighted by Crippen LogP contribution is -2.11. The molecule has 0 saturated heterocycles. The predicted molar refractivity (Wildman–Crippen MR) is 173 cm³/mol. The summed E-state index contributed by atoms with van der Waals surface area (Å²) >= 11 is 0. The number of benzene rings is 6. The minimum Gasteiger partial charge on any atom is -0.309 e. The number of para-hydroxylation sites is 2. The molecule has 6 aromatic carbocycles. The Balaban J connectivity index is 1.06. The molecule has 1 heterocycles. The van der Waals surface area contributed by atoms with Gasteiger partial charge in [-0.2, -0.15) is 0 Å². The van der Waals surface area contributed by atoms with Gasteiger partial charge in [0.05, 0.1) is 11.0 Å².